The maximum atomic E-state index is 12.6. The van der Waals surface area contributed by atoms with Crippen molar-refractivity contribution in [1.29, 1.82) is 0 Å². The Labute approximate surface area is 131 Å². The van der Waals surface area contributed by atoms with Crippen molar-refractivity contribution in [2.45, 2.75) is 25.9 Å². The van der Waals surface area contributed by atoms with Crippen LogP contribution in [-0.2, 0) is 19.0 Å². The van der Waals surface area contributed by atoms with Gasteiger partial charge in [-0.15, -0.1) is 0 Å². The SMILES string of the molecule is COc1nc2c(nc1Cc1ccc(C(F)(F)F)cc1)CC(C)=N2. The number of nitrogens with zero attached hydrogens (tertiary/aromatic N) is 3. The summed E-state index contributed by atoms with van der Waals surface area (Å²) < 4.78 is 43.0. The van der Waals surface area contributed by atoms with E-state index in [1.54, 1.807) is 0 Å². The maximum absolute atomic E-state index is 12.6. The molecule has 1 aliphatic heterocycles. The van der Waals surface area contributed by atoms with Crippen LogP contribution in [-0.4, -0.2) is 22.8 Å². The monoisotopic (exact) mass is 321 g/mol. The lowest BCUT2D eigenvalue weighted by atomic mass is 10.1. The van der Waals surface area contributed by atoms with Gasteiger partial charge < -0.3 is 4.74 Å². The van der Waals surface area contributed by atoms with Crippen LogP contribution in [0.5, 0.6) is 5.88 Å². The molecule has 120 valence electrons. The van der Waals surface area contributed by atoms with Crippen molar-refractivity contribution < 1.29 is 17.9 Å². The molecule has 0 saturated heterocycles. The minimum Gasteiger partial charge on any atom is -0.480 e. The first-order valence-corrected chi connectivity index (χ1v) is 7.01. The van der Waals surface area contributed by atoms with Crippen LogP contribution in [0, 0.1) is 0 Å². The summed E-state index contributed by atoms with van der Waals surface area (Å²) in [5.74, 6) is 0.901. The summed E-state index contributed by atoms with van der Waals surface area (Å²) in [7, 11) is 1.48. The number of fused-ring (bicyclic) bond motifs is 1. The molecule has 0 atom stereocenters. The lowest BCUT2D eigenvalue weighted by Gasteiger charge is -2.10. The normalized spacial score (nSPS) is 13.7. The van der Waals surface area contributed by atoms with Crippen LogP contribution in [0.1, 0.15) is 29.4 Å². The van der Waals surface area contributed by atoms with Gasteiger partial charge in [-0.25, -0.2) is 9.98 Å². The van der Waals surface area contributed by atoms with Crippen LogP contribution in [0.3, 0.4) is 0 Å². The molecule has 0 spiro atoms. The minimum atomic E-state index is -4.33. The molecule has 7 heteroatoms. The average molecular weight is 321 g/mol. The molecule has 2 heterocycles. The van der Waals surface area contributed by atoms with Gasteiger partial charge in [0.25, 0.3) is 0 Å². The fourth-order valence-electron chi connectivity index (χ4n) is 2.44. The van der Waals surface area contributed by atoms with E-state index in [9.17, 15) is 13.2 Å². The second-order valence-electron chi connectivity index (χ2n) is 5.35. The highest BCUT2D eigenvalue weighted by molar-refractivity contribution is 5.90. The Balaban J connectivity index is 1.88. The number of hydrogen-bond donors (Lipinski definition) is 0. The minimum absolute atomic E-state index is 0.348. The average Bonchev–Trinajstić information content (AvgIpc) is 2.85. The number of alkyl halides is 3. The van der Waals surface area contributed by atoms with E-state index in [1.165, 1.54) is 19.2 Å². The van der Waals surface area contributed by atoms with Crippen molar-refractivity contribution in [3.63, 3.8) is 0 Å². The second-order valence-corrected chi connectivity index (χ2v) is 5.35. The predicted octanol–water partition coefficient (Wildman–Crippen LogP) is 3.74. The van der Waals surface area contributed by atoms with Crippen molar-refractivity contribution in [2.75, 3.05) is 7.11 Å². The van der Waals surface area contributed by atoms with Gasteiger partial charge in [0.2, 0.25) is 5.88 Å². The van der Waals surface area contributed by atoms with Gasteiger partial charge in [0.15, 0.2) is 5.82 Å². The molecule has 0 amide bonds. The van der Waals surface area contributed by atoms with Gasteiger partial charge in [-0.2, -0.15) is 18.2 Å². The smallest absolute Gasteiger partial charge is 0.416 e. The van der Waals surface area contributed by atoms with E-state index in [4.69, 9.17) is 4.74 Å². The largest absolute Gasteiger partial charge is 0.480 e. The van der Waals surface area contributed by atoms with E-state index in [-0.39, 0.29) is 0 Å². The van der Waals surface area contributed by atoms with Gasteiger partial charge >= 0.3 is 6.18 Å². The van der Waals surface area contributed by atoms with Crippen LogP contribution < -0.4 is 4.74 Å². The summed E-state index contributed by atoms with van der Waals surface area (Å²) in [6.07, 6.45) is -3.36. The summed E-state index contributed by atoms with van der Waals surface area (Å²) in [5, 5.41) is 0. The maximum Gasteiger partial charge on any atom is 0.416 e. The molecule has 0 saturated carbocycles. The quantitative estimate of drug-likeness (QED) is 0.865. The fraction of sp³-hybridized carbons (Fsp3) is 0.312. The van der Waals surface area contributed by atoms with E-state index in [0.29, 0.717) is 35.8 Å². The number of methoxy groups -OCH3 is 1. The molecular weight excluding hydrogens is 307 g/mol. The molecule has 0 fully saturated rings. The summed E-state index contributed by atoms with van der Waals surface area (Å²) in [6.45, 7) is 1.89. The number of hydrogen-bond acceptors (Lipinski definition) is 4. The fourth-order valence-corrected chi connectivity index (χ4v) is 2.44. The van der Waals surface area contributed by atoms with Crippen molar-refractivity contribution in [3.05, 3.63) is 46.8 Å². The number of halogens is 3. The topological polar surface area (TPSA) is 47.4 Å². The number of benzene rings is 1. The number of aliphatic imine (C=N–C) groups is 1. The first kappa shape index (κ1) is 15.5. The first-order chi connectivity index (χ1) is 10.9. The summed E-state index contributed by atoms with van der Waals surface area (Å²) in [5.41, 5.74) is 2.33. The third kappa shape index (κ3) is 3.18. The van der Waals surface area contributed by atoms with Crippen LogP contribution in [0.2, 0.25) is 0 Å². The zero-order valence-corrected chi connectivity index (χ0v) is 12.6. The molecule has 23 heavy (non-hydrogen) atoms. The van der Waals surface area contributed by atoms with E-state index < -0.39 is 11.7 Å². The van der Waals surface area contributed by atoms with Crippen molar-refractivity contribution in [2.24, 2.45) is 4.99 Å². The van der Waals surface area contributed by atoms with Crippen molar-refractivity contribution in [1.82, 2.24) is 9.97 Å². The standard InChI is InChI=1S/C16H14F3N3O/c1-9-7-12-14(20-9)22-15(23-2)13(21-12)8-10-3-5-11(6-4-10)16(17,18)19/h3-6H,7-8H2,1-2H3. The van der Waals surface area contributed by atoms with E-state index in [1.807, 2.05) is 6.92 Å². The van der Waals surface area contributed by atoms with E-state index in [2.05, 4.69) is 15.0 Å². The van der Waals surface area contributed by atoms with E-state index in [0.717, 1.165) is 23.5 Å². The first-order valence-electron chi connectivity index (χ1n) is 7.01. The molecule has 1 aromatic carbocycles. The number of aromatic nitrogens is 2. The Bertz CT molecular complexity index is 767. The molecule has 0 N–H and O–H groups in total. The van der Waals surface area contributed by atoms with Crippen LogP contribution in [0.25, 0.3) is 0 Å². The van der Waals surface area contributed by atoms with Gasteiger partial charge in [0.05, 0.1) is 18.4 Å². The zero-order chi connectivity index (χ0) is 16.6. The highest BCUT2D eigenvalue weighted by Crippen LogP contribution is 2.31. The number of ether oxygens (including phenoxy) is 1. The summed E-state index contributed by atoms with van der Waals surface area (Å²) in [6, 6.07) is 5.02. The third-order valence-electron chi connectivity index (χ3n) is 3.55. The Kier molecular flexibility index (Phi) is 3.79. The van der Waals surface area contributed by atoms with Gasteiger partial charge in [0.1, 0.15) is 5.69 Å². The highest BCUT2D eigenvalue weighted by atomic mass is 19.4. The predicted molar refractivity (Wildman–Crippen MR) is 79.3 cm³/mol. The molecule has 4 nitrogen and oxygen atoms in total. The molecule has 0 bridgehead atoms. The molecule has 2 aromatic rings. The second kappa shape index (κ2) is 5.64. The van der Waals surface area contributed by atoms with Crippen molar-refractivity contribution in [3.8, 4) is 5.88 Å². The van der Waals surface area contributed by atoms with Gasteiger partial charge in [-0.1, -0.05) is 12.1 Å². The van der Waals surface area contributed by atoms with Gasteiger partial charge in [-0.3, -0.25) is 0 Å². The zero-order valence-electron chi connectivity index (χ0n) is 12.6. The van der Waals surface area contributed by atoms with Crippen LogP contribution in [0.4, 0.5) is 19.0 Å². The molecule has 1 aliphatic rings. The molecule has 1 aromatic heterocycles. The molecule has 0 unspecified atom stereocenters. The Hall–Kier alpha value is -2.44. The Morgan fingerprint density at radius 1 is 1.13 bits per heavy atom. The summed E-state index contributed by atoms with van der Waals surface area (Å²) in [4.78, 5) is 13.1. The molecule has 3 rings (SSSR count). The lowest BCUT2D eigenvalue weighted by Crippen LogP contribution is -2.06. The third-order valence-corrected chi connectivity index (χ3v) is 3.55. The molecular formula is C16H14F3N3O. The van der Waals surface area contributed by atoms with E-state index >= 15 is 0 Å². The number of rotatable bonds is 3. The van der Waals surface area contributed by atoms with Gasteiger partial charge in [0, 0.05) is 18.6 Å². The van der Waals surface area contributed by atoms with Crippen molar-refractivity contribution >= 4 is 11.5 Å². The van der Waals surface area contributed by atoms with Crippen LogP contribution in [0.15, 0.2) is 29.3 Å². The van der Waals surface area contributed by atoms with Gasteiger partial charge in [-0.05, 0) is 24.6 Å². The van der Waals surface area contributed by atoms with Crippen LogP contribution >= 0.6 is 0 Å². The molecule has 0 aliphatic carbocycles. The Morgan fingerprint density at radius 2 is 1.83 bits per heavy atom. The lowest BCUT2D eigenvalue weighted by molar-refractivity contribution is -0.137. The summed E-state index contributed by atoms with van der Waals surface area (Å²) >= 11 is 0. The highest BCUT2D eigenvalue weighted by Gasteiger charge is 2.30. The Morgan fingerprint density at radius 3 is 2.43 bits per heavy atom. The molecule has 0 radical (unpaired) electrons.